The average Bonchev–Trinajstić information content (AvgIpc) is 3.29. The summed E-state index contributed by atoms with van der Waals surface area (Å²) in [4.78, 5) is 25.5. The quantitative estimate of drug-likeness (QED) is 0.293. The van der Waals surface area contributed by atoms with Crippen LogP contribution in [0.4, 0.5) is 0 Å². The summed E-state index contributed by atoms with van der Waals surface area (Å²) in [5.74, 6) is -0.0559. The molecule has 1 aliphatic heterocycles. The van der Waals surface area contributed by atoms with E-state index >= 15 is 0 Å². The lowest BCUT2D eigenvalue weighted by molar-refractivity contribution is -0.117. The molecule has 2 amide bonds. The van der Waals surface area contributed by atoms with Gasteiger partial charge in [-0.15, -0.1) is 0 Å². The Hall–Kier alpha value is -4.30. The number of aromatic hydroxyl groups is 1. The summed E-state index contributed by atoms with van der Waals surface area (Å²) in [6.45, 7) is 0.117. The van der Waals surface area contributed by atoms with Crippen LogP contribution < -0.4 is 20.2 Å². The molecule has 0 saturated carbocycles. The highest BCUT2D eigenvalue weighted by Crippen LogP contribution is 2.33. The van der Waals surface area contributed by atoms with Crippen LogP contribution in [0, 0.1) is 0 Å². The van der Waals surface area contributed by atoms with Gasteiger partial charge in [-0.25, -0.2) is 5.43 Å². The molecular formula is C24H18ClN3O5. The molecule has 0 fully saturated rings. The molecule has 0 saturated heterocycles. The summed E-state index contributed by atoms with van der Waals surface area (Å²) in [7, 11) is 0. The zero-order valence-corrected chi connectivity index (χ0v) is 17.9. The van der Waals surface area contributed by atoms with E-state index in [4.69, 9.17) is 21.1 Å². The topological polar surface area (TPSA) is 109 Å². The van der Waals surface area contributed by atoms with Crippen molar-refractivity contribution in [2.75, 3.05) is 6.79 Å². The summed E-state index contributed by atoms with van der Waals surface area (Å²) in [5, 5.41) is 16.8. The zero-order valence-electron chi connectivity index (χ0n) is 17.1. The van der Waals surface area contributed by atoms with Crippen LogP contribution in [0.2, 0.25) is 5.02 Å². The first-order chi connectivity index (χ1) is 16.0. The van der Waals surface area contributed by atoms with Gasteiger partial charge in [0, 0.05) is 16.1 Å². The summed E-state index contributed by atoms with van der Waals surface area (Å²) >= 11 is 5.92. The summed E-state index contributed by atoms with van der Waals surface area (Å²) in [6.07, 6.45) is 2.74. The predicted molar refractivity (Wildman–Crippen MR) is 123 cm³/mol. The molecule has 9 heteroatoms. The number of benzene rings is 3. The van der Waals surface area contributed by atoms with Crippen LogP contribution in [0.15, 0.2) is 77.5 Å². The number of nitrogens with one attached hydrogen (secondary N) is 2. The van der Waals surface area contributed by atoms with Crippen molar-refractivity contribution in [3.63, 3.8) is 0 Å². The first-order valence-corrected chi connectivity index (χ1v) is 10.2. The minimum atomic E-state index is -0.672. The number of nitrogens with zero attached hydrogens (tertiary/aromatic N) is 1. The Morgan fingerprint density at radius 3 is 2.61 bits per heavy atom. The van der Waals surface area contributed by atoms with E-state index in [-0.39, 0.29) is 18.2 Å². The van der Waals surface area contributed by atoms with Crippen LogP contribution in [0.3, 0.4) is 0 Å². The number of carbonyl (C=O) groups is 2. The third kappa shape index (κ3) is 5.50. The van der Waals surface area contributed by atoms with E-state index in [1.165, 1.54) is 30.5 Å². The van der Waals surface area contributed by atoms with Gasteiger partial charge in [0.25, 0.3) is 11.8 Å². The number of carbonyl (C=O) groups excluding carboxylic acids is 2. The lowest BCUT2D eigenvalue weighted by Gasteiger charge is -2.09. The molecular weight excluding hydrogens is 446 g/mol. The van der Waals surface area contributed by atoms with Gasteiger partial charge in [0.05, 0.1) is 6.21 Å². The van der Waals surface area contributed by atoms with E-state index in [9.17, 15) is 14.7 Å². The average molecular weight is 464 g/mol. The molecule has 4 rings (SSSR count). The van der Waals surface area contributed by atoms with Crippen LogP contribution in [0.25, 0.3) is 6.08 Å². The monoisotopic (exact) mass is 463 g/mol. The van der Waals surface area contributed by atoms with E-state index in [2.05, 4.69) is 15.8 Å². The number of rotatable bonds is 6. The molecule has 0 spiro atoms. The second kappa shape index (κ2) is 9.88. The molecule has 8 nitrogen and oxygen atoms in total. The fourth-order valence-corrected chi connectivity index (χ4v) is 3.14. The van der Waals surface area contributed by atoms with Crippen LogP contribution >= 0.6 is 11.6 Å². The second-order valence-electron chi connectivity index (χ2n) is 6.89. The first-order valence-electron chi connectivity index (χ1n) is 9.79. The molecule has 3 aromatic rings. The molecule has 0 aromatic heterocycles. The number of fused-ring (bicyclic) bond motifs is 1. The molecule has 0 radical (unpaired) electrons. The number of phenols is 1. The lowest BCUT2D eigenvalue weighted by atomic mass is 10.1. The number of ether oxygens (including phenoxy) is 2. The first kappa shape index (κ1) is 21.9. The molecule has 3 N–H and O–H groups in total. The Labute approximate surface area is 194 Å². The Balaban J connectivity index is 1.57. The van der Waals surface area contributed by atoms with Gasteiger partial charge in [0.2, 0.25) is 6.79 Å². The Kier molecular flexibility index (Phi) is 6.56. The second-order valence-corrected chi connectivity index (χ2v) is 7.33. The third-order valence-electron chi connectivity index (χ3n) is 4.60. The highest BCUT2D eigenvalue weighted by Gasteiger charge is 2.17. The van der Waals surface area contributed by atoms with Crippen LogP contribution in [0.5, 0.6) is 17.2 Å². The Morgan fingerprint density at radius 2 is 1.79 bits per heavy atom. The molecule has 0 atom stereocenters. The molecule has 0 aliphatic carbocycles. The number of halogens is 1. The maximum absolute atomic E-state index is 12.8. The number of hydrogen-bond acceptors (Lipinski definition) is 6. The van der Waals surface area contributed by atoms with Gasteiger partial charge in [-0.1, -0.05) is 35.9 Å². The van der Waals surface area contributed by atoms with E-state index in [0.717, 1.165) is 0 Å². The largest absolute Gasteiger partial charge is 0.507 e. The number of hydrazone groups is 1. The summed E-state index contributed by atoms with van der Waals surface area (Å²) in [5.41, 5.74) is 3.60. The van der Waals surface area contributed by atoms with Gasteiger partial charge in [0.1, 0.15) is 11.4 Å². The van der Waals surface area contributed by atoms with Gasteiger partial charge in [-0.05, 0) is 54.1 Å². The van der Waals surface area contributed by atoms with E-state index < -0.39 is 11.8 Å². The van der Waals surface area contributed by atoms with Crippen molar-refractivity contribution in [1.82, 2.24) is 10.7 Å². The molecule has 166 valence electrons. The van der Waals surface area contributed by atoms with Crippen molar-refractivity contribution in [3.8, 4) is 17.2 Å². The van der Waals surface area contributed by atoms with Crippen molar-refractivity contribution < 1.29 is 24.2 Å². The maximum atomic E-state index is 12.8. The number of phenolic OH excluding ortho intramolecular Hbond substituents is 1. The van der Waals surface area contributed by atoms with Crippen LogP contribution in [0.1, 0.15) is 21.5 Å². The van der Waals surface area contributed by atoms with E-state index in [0.29, 0.717) is 33.2 Å². The highest BCUT2D eigenvalue weighted by atomic mass is 35.5. The van der Waals surface area contributed by atoms with Gasteiger partial charge in [0.15, 0.2) is 11.5 Å². The SMILES string of the molecule is O=C(NN=Cc1cc(Cl)ccc1O)C(=Cc1ccc2c(c1)OCO2)NC(=O)c1ccccc1. The Bertz CT molecular complexity index is 1260. The zero-order chi connectivity index (χ0) is 23.2. The van der Waals surface area contributed by atoms with Crippen molar-refractivity contribution >= 4 is 35.7 Å². The summed E-state index contributed by atoms with van der Waals surface area (Å²) in [6, 6.07) is 18.0. The smallest absolute Gasteiger partial charge is 0.287 e. The lowest BCUT2D eigenvalue weighted by Crippen LogP contribution is -2.32. The third-order valence-corrected chi connectivity index (χ3v) is 4.83. The minimum absolute atomic E-state index is 0.0461. The van der Waals surface area contributed by atoms with E-state index in [1.807, 2.05) is 0 Å². The summed E-state index contributed by atoms with van der Waals surface area (Å²) < 4.78 is 10.7. The van der Waals surface area contributed by atoms with Crippen molar-refractivity contribution in [3.05, 3.63) is 94.1 Å². The maximum Gasteiger partial charge on any atom is 0.287 e. The molecule has 33 heavy (non-hydrogen) atoms. The molecule has 3 aromatic carbocycles. The Morgan fingerprint density at radius 1 is 1.00 bits per heavy atom. The fraction of sp³-hybridized carbons (Fsp3) is 0.0417. The van der Waals surface area contributed by atoms with Crippen molar-refractivity contribution in [2.24, 2.45) is 5.10 Å². The van der Waals surface area contributed by atoms with Crippen molar-refractivity contribution in [2.45, 2.75) is 0 Å². The minimum Gasteiger partial charge on any atom is -0.507 e. The normalized spacial score (nSPS) is 12.6. The molecule has 0 bridgehead atoms. The van der Waals surface area contributed by atoms with Gasteiger partial charge in [-0.2, -0.15) is 5.10 Å². The predicted octanol–water partition coefficient (Wildman–Crippen LogP) is 3.70. The van der Waals surface area contributed by atoms with E-state index in [1.54, 1.807) is 48.5 Å². The van der Waals surface area contributed by atoms with Gasteiger partial charge >= 0.3 is 0 Å². The highest BCUT2D eigenvalue weighted by molar-refractivity contribution is 6.30. The number of hydrogen-bond donors (Lipinski definition) is 3. The van der Waals surface area contributed by atoms with Crippen LogP contribution in [-0.2, 0) is 4.79 Å². The van der Waals surface area contributed by atoms with Crippen LogP contribution in [-0.4, -0.2) is 29.9 Å². The van der Waals surface area contributed by atoms with Crippen molar-refractivity contribution in [1.29, 1.82) is 0 Å². The van der Waals surface area contributed by atoms with Gasteiger partial charge < -0.3 is 19.9 Å². The fourth-order valence-electron chi connectivity index (χ4n) is 2.96. The number of amides is 2. The molecule has 1 aliphatic rings. The molecule has 1 heterocycles. The standard InChI is InChI=1S/C24H18ClN3O5/c25-18-7-8-20(29)17(12-18)13-26-28-24(31)19(27-23(30)16-4-2-1-3-5-16)10-15-6-9-21-22(11-15)33-14-32-21/h1-13,29H,14H2,(H,27,30)(H,28,31). The van der Waals surface area contributed by atoms with Gasteiger partial charge in [-0.3, -0.25) is 9.59 Å². The molecule has 0 unspecified atom stereocenters.